The highest BCUT2D eigenvalue weighted by Crippen LogP contribution is 2.17. The molecule has 2 aromatic rings. The van der Waals surface area contributed by atoms with E-state index in [1.165, 1.54) is 12.1 Å². The fourth-order valence-corrected chi connectivity index (χ4v) is 3.85. The zero-order valence-corrected chi connectivity index (χ0v) is 17.4. The molecule has 0 unspecified atom stereocenters. The molecule has 2 aromatic carbocycles. The van der Waals surface area contributed by atoms with Crippen molar-refractivity contribution in [3.8, 4) is 0 Å². The van der Waals surface area contributed by atoms with Crippen molar-refractivity contribution in [3.63, 3.8) is 0 Å². The van der Waals surface area contributed by atoms with Gasteiger partial charge in [0, 0.05) is 51.5 Å². The van der Waals surface area contributed by atoms with E-state index in [1.54, 1.807) is 21.9 Å². The SMILES string of the molecule is O=C(NCc1ccc(N2CCOCC2)cc1)N1CCN(C(=O)c2ccccc2F)CC1. The normalized spacial score (nSPS) is 16.9. The van der Waals surface area contributed by atoms with E-state index in [9.17, 15) is 14.0 Å². The number of amides is 3. The van der Waals surface area contributed by atoms with Crippen molar-refractivity contribution < 1.29 is 18.7 Å². The molecule has 2 saturated heterocycles. The van der Waals surface area contributed by atoms with E-state index in [2.05, 4.69) is 22.3 Å². The Kier molecular flexibility index (Phi) is 6.66. The summed E-state index contributed by atoms with van der Waals surface area (Å²) in [6, 6.07) is 14.0. The number of piperazine rings is 1. The molecule has 0 aliphatic carbocycles. The van der Waals surface area contributed by atoms with Crippen LogP contribution in [0.2, 0.25) is 0 Å². The Morgan fingerprint density at radius 2 is 1.52 bits per heavy atom. The van der Waals surface area contributed by atoms with Crippen LogP contribution in [0, 0.1) is 5.82 Å². The van der Waals surface area contributed by atoms with Crippen LogP contribution in [-0.4, -0.2) is 74.2 Å². The van der Waals surface area contributed by atoms with Crippen LogP contribution in [-0.2, 0) is 11.3 Å². The fraction of sp³-hybridized carbons (Fsp3) is 0.391. The molecule has 0 atom stereocenters. The lowest BCUT2D eigenvalue weighted by Gasteiger charge is -2.34. The van der Waals surface area contributed by atoms with Crippen molar-refractivity contribution in [2.45, 2.75) is 6.54 Å². The molecule has 31 heavy (non-hydrogen) atoms. The summed E-state index contributed by atoms with van der Waals surface area (Å²) in [5.41, 5.74) is 2.26. The maximum absolute atomic E-state index is 13.9. The number of ether oxygens (including phenoxy) is 1. The van der Waals surface area contributed by atoms with E-state index in [4.69, 9.17) is 4.74 Å². The average Bonchev–Trinajstić information content (AvgIpc) is 2.83. The molecule has 164 valence electrons. The number of rotatable bonds is 4. The molecule has 2 aliphatic heterocycles. The molecule has 3 amide bonds. The lowest BCUT2D eigenvalue weighted by atomic mass is 10.1. The summed E-state index contributed by atoms with van der Waals surface area (Å²) in [4.78, 5) is 30.6. The Morgan fingerprint density at radius 3 is 2.19 bits per heavy atom. The second-order valence-electron chi connectivity index (χ2n) is 7.68. The van der Waals surface area contributed by atoms with Gasteiger partial charge in [-0.1, -0.05) is 24.3 Å². The molecule has 4 rings (SSSR count). The van der Waals surface area contributed by atoms with E-state index in [1.807, 2.05) is 12.1 Å². The van der Waals surface area contributed by atoms with Crippen LogP contribution in [0.25, 0.3) is 0 Å². The molecule has 7 nitrogen and oxygen atoms in total. The van der Waals surface area contributed by atoms with Crippen LogP contribution in [0.1, 0.15) is 15.9 Å². The predicted molar refractivity (Wildman–Crippen MR) is 116 cm³/mol. The first-order chi connectivity index (χ1) is 15.1. The Balaban J connectivity index is 1.24. The monoisotopic (exact) mass is 426 g/mol. The number of nitrogens with one attached hydrogen (secondary N) is 1. The predicted octanol–water partition coefficient (Wildman–Crippen LogP) is 2.33. The first kappa shape index (κ1) is 21.1. The lowest BCUT2D eigenvalue weighted by molar-refractivity contribution is 0.0660. The molecular weight excluding hydrogens is 399 g/mol. The van der Waals surface area contributed by atoms with Gasteiger partial charge in [-0.05, 0) is 29.8 Å². The molecule has 2 heterocycles. The summed E-state index contributed by atoms with van der Waals surface area (Å²) in [6.07, 6.45) is 0. The van der Waals surface area contributed by atoms with E-state index >= 15 is 0 Å². The topological polar surface area (TPSA) is 65.1 Å². The third-order valence-electron chi connectivity index (χ3n) is 5.71. The number of carbonyl (C=O) groups is 2. The summed E-state index contributed by atoms with van der Waals surface area (Å²) >= 11 is 0. The number of anilines is 1. The Labute approximate surface area is 181 Å². The van der Waals surface area contributed by atoms with Crippen molar-refractivity contribution in [3.05, 3.63) is 65.5 Å². The van der Waals surface area contributed by atoms with Gasteiger partial charge in [-0.2, -0.15) is 0 Å². The van der Waals surface area contributed by atoms with Crippen LogP contribution in [0.4, 0.5) is 14.9 Å². The number of nitrogens with zero attached hydrogens (tertiary/aromatic N) is 3. The molecule has 0 bridgehead atoms. The highest BCUT2D eigenvalue weighted by atomic mass is 19.1. The minimum atomic E-state index is -0.521. The molecule has 2 fully saturated rings. The third-order valence-corrected chi connectivity index (χ3v) is 5.71. The zero-order valence-electron chi connectivity index (χ0n) is 17.4. The van der Waals surface area contributed by atoms with Crippen LogP contribution in [0.5, 0.6) is 0 Å². The van der Waals surface area contributed by atoms with Gasteiger partial charge in [0.1, 0.15) is 5.82 Å². The third kappa shape index (κ3) is 5.14. The molecule has 8 heteroatoms. The smallest absolute Gasteiger partial charge is 0.317 e. The molecule has 0 aromatic heterocycles. The number of urea groups is 1. The summed E-state index contributed by atoms with van der Waals surface area (Å²) < 4.78 is 19.2. The van der Waals surface area contributed by atoms with Crippen molar-refractivity contribution in [1.29, 1.82) is 0 Å². The van der Waals surface area contributed by atoms with Crippen LogP contribution in [0.3, 0.4) is 0 Å². The van der Waals surface area contributed by atoms with Crippen molar-refractivity contribution in [2.24, 2.45) is 0 Å². The Hall–Kier alpha value is -3.13. The molecular formula is C23H27FN4O3. The maximum Gasteiger partial charge on any atom is 0.317 e. The van der Waals surface area contributed by atoms with Crippen LogP contribution >= 0.6 is 0 Å². The first-order valence-corrected chi connectivity index (χ1v) is 10.6. The molecule has 0 saturated carbocycles. The standard InChI is InChI=1S/C23H27FN4O3/c24-21-4-2-1-3-20(21)22(29)27-9-11-28(12-10-27)23(30)25-17-18-5-7-19(8-6-18)26-13-15-31-16-14-26/h1-8H,9-17H2,(H,25,30). The van der Waals surface area contributed by atoms with Gasteiger partial charge in [0.05, 0.1) is 18.8 Å². The highest BCUT2D eigenvalue weighted by molar-refractivity contribution is 5.94. The lowest BCUT2D eigenvalue weighted by Crippen LogP contribution is -2.53. The quantitative estimate of drug-likeness (QED) is 0.815. The maximum atomic E-state index is 13.9. The van der Waals surface area contributed by atoms with E-state index < -0.39 is 5.82 Å². The minimum Gasteiger partial charge on any atom is -0.378 e. The number of halogens is 1. The number of hydrogen-bond acceptors (Lipinski definition) is 4. The number of hydrogen-bond donors (Lipinski definition) is 1. The number of benzene rings is 2. The minimum absolute atomic E-state index is 0.0703. The van der Waals surface area contributed by atoms with Crippen molar-refractivity contribution >= 4 is 17.6 Å². The van der Waals surface area contributed by atoms with Gasteiger partial charge in [-0.25, -0.2) is 9.18 Å². The van der Waals surface area contributed by atoms with Crippen molar-refractivity contribution in [1.82, 2.24) is 15.1 Å². The second-order valence-corrected chi connectivity index (χ2v) is 7.68. The summed E-state index contributed by atoms with van der Waals surface area (Å²) in [7, 11) is 0. The Morgan fingerprint density at radius 1 is 0.871 bits per heavy atom. The molecule has 0 spiro atoms. The van der Waals surface area contributed by atoms with Gasteiger partial charge >= 0.3 is 6.03 Å². The number of carbonyl (C=O) groups excluding carboxylic acids is 2. The fourth-order valence-electron chi connectivity index (χ4n) is 3.85. The largest absolute Gasteiger partial charge is 0.378 e. The Bertz CT molecular complexity index is 907. The highest BCUT2D eigenvalue weighted by Gasteiger charge is 2.26. The molecule has 0 radical (unpaired) electrons. The first-order valence-electron chi connectivity index (χ1n) is 10.6. The average molecular weight is 426 g/mol. The summed E-state index contributed by atoms with van der Waals surface area (Å²) in [5.74, 6) is -0.856. The van der Waals surface area contributed by atoms with Crippen LogP contribution < -0.4 is 10.2 Å². The van der Waals surface area contributed by atoms with Gasteiger partial charge in [0.15, 0.2) is 0 Å². The van der Waals surface area contributed by atoms with Gasteiger partial charge in [-0.3, -0.25) is 4.79 Å². The summed E-state index contributed by atoms with van der Waals surface area (Å²) in [5, 5.41) is 2.94. The van der Waals surface area contributed by atoms with E-state index in [-0.39, 0.29) is 17.5 Å². The van der Waals surface area contributed by atoms with Gasteiger partial charge in [-0.15, -0.1) is 0 Å². The second kappa shape index (κ2) is 9.78. The van der Waals surface area contributed by atoms with Crippen molar-refractivity contribution in [2.75, 3.05) is 57.4 Å². The molecule has 2 aliphatic rings. The van der Waals surface area contributed by atoms with Gasteiger partial charge in [0.25, 0.3) is 5.91 Å². The summed E-state index contributed by atoms with van der Waals surface area (Å²) in [6.45, 7) is 5.32. The molecule has 1 N–H and O–H groups in total. The van der Waals surface area contributed by atoms with Gasteiger partial charge < -0.3 is 24.8 Å². The van der Waals surface area contributed by atoms with Gasteiger partial charge in [0.2, 0.25) is 0 Å². The van der Waals surface area contributed by atoms with Crippen LogP contribution in [0.15, 0.2) is 48.5 Å². The van der Waals surface area contributed by atoms with E-state index in [0.717, 1.165) is 37.6 Å². The van der Waals surface area contributed by atoms with E-state index in [0.29, 0.717) is 32.7 Å². The zero-order chi connectivity index (χ0) is 21.6. The number of morpholine rings is 1.